The summed E-state index contributed by atoms with van der Waals surface area (Å²) in [7, 11) is 1.82. The number of nitrogens with zero attached hydrogens (tertiary/aromatic N) is 3. The number of anilines is 1. The molecule has 2 rings (SSSR count). The number of carboxylic acid groups (broad SMARTS) is 1. The van der Waals surface area contributed by atoms with Crippen LogP contribution in [0.4, 0.5) is 5.82 Å². The molecular weight excluding hydrogens is 266 g/mol. The molecule has 0 aromatic carbocycles. The summed E-state index contributed by atoms with van der Waals surface area (Å²) >= 11 is 5.78. The molecule has 0 aliphatic carbocycles. The molecule has 0 saturated heterocycles. The van der Waals surface area contributed by atoms with E-state index in [1.807, 2.05) is 30.1 Å². The quantitative estimate of drug-likeness (QED) is 0.930. The van der Waals surface area contributed by atoms with Gasteiger partial charge in [0.25, 0.3) is 0 Å². The average molecular weight is 278 g/mol. The zero-order chi connectivity index (χ0) is 13.8. The van der Waals surface area contributed by atoms with E-state index in [-0.39, 0.29) is 10.7 Å². The second-order valence-electron chi connectivity index (χ2n) is 3.98. The molecule has 0 bridgehead atoms. The van der Waals surface area contributed by atoms with Gasteiger partial charge in [-0.25, -0.2) is 9.78 Å². The molecule has 0 radical (unpaired) electrons. The Hall–Kier alpha value is -2.14. The maximum atomic E-state index is 11.0. The third-order valence-corrected chi connectivity index (χ3v) is 2.86. The molecule has 2 aromatic heterocycles. The first-order chi connectivity index (χ1) is 9.08. The fourth-order valence-corrected chi connectivity index (χ4v) is 1.80. The van der Waals surface area contributed by atoms with Crippen molar-refractivity contribution in [1.82, 2.24) is 9.97 Å². The van der Waals surface area contributed by atoms with Crippen LogP contribution in [-0.4, -0.2) is 28.1 Å². The van der Waals surface area contributed by atoms with Crippen LogP contribution in [-0.2, 0) is 6.54 Å². The molecule has 0 atom stereocenters. The zero-order valence-corrected chi connectivity index (χ0v) is 11.0. The van der Waals surface area contributed by atoms with E-state index in [1.165, 1.54) is 6.07 Å². The van der Waals surface area contributed by atoms with Crippen LogP contribution in [0, 0.1) is 0 Å². The number of rotatable bonds is 4. The largest absolute Gasteiger partial charge is 0.476 e. The normalized spacial score (nSPS) is 10.2. The molecule has 0 spiro atoms. The second kappa shape index (κ2) is 5.67. The molecule has 0 saturated carbocycles. The van der Waals surface area contributed by atoms with E-state index in [2.05, 4.69) is 9.97 Å². The van der Waals surface area contributed by atoms with E-state index < -0.39 is 5.97 Å². The number of carbonyl (C=O) groups is 1. The number of aromatic nitrogens is 2. The number of carboxylic acids is 1. The van der Waals surface area contributed by atoms with Crippen molar-refractivity contribution in [3.05, 3.63) is 52.9 Å². The lowest BCUT2D eigenvalue weighted by molar-refractivity contribution is 0.0691. The lowest BCUT2D eigenvalue weighted by Crippen LogP contribution is -2.19. The molecule has 1 N–H and O–H groups in total. The van der Waals surface area contributed by atoms with E-state index in [1.54, 1.807) is 12.3 Å². The number of hydrogen-bond acceptors (Lipinski definition) is 4. The topological polar surface area (TPSA) is 66.3 Å². The van der Waals surface area contributed by atoms with Crippen LogP contribution in [0.25, 0.3) is 0 Å². The lowest BCUT2D eigenvalue weighted by Gasteiger charge is -2.18. The van der Waals surface area contributed by atoms with Gasteiger partial charge in [0.1, 0.15) is 5.82 Å². The summed E-state index contributed by atoms with van der Waals surface area (Å²) in [5, 5.41) is 9.11. The molecule has 0 unspecified atom stereocenters. The molecule has 98 valence electrons. The van der Waals surface area contributed by atoms with Crippen LogP contribution in [0.1, 0.15) is 16.2 Å². The van der Waals surface area contributed by atoms with Gasteiger partial charge in [-0.3, -0.25) is 4.98 Å². The Labute approximate surface area is 115 Å². The predicted octanol–water partition coefficient (Wildman–Crippen LogP) is 2.46. The lowest BCUT2D eigenvalue weighted by atomic mass is 10.3. The van der Waals surface area contributed by atoms with E-state index in [4.69, 9.17) is 16.7 Å². The van der Waals surface area contributed by atoms with E-state index in [0.29, 0.717) is 12.4 Å². The molecule has 2 aromatic rings. The summed E-state index contributed by atoms with van der Waals surface area (Å²) in [6.45, 7) is 0.536. The van der Waals surface area contributed by atoms with Gasteiger partial charge in [0, 0.05) is 13.2 Å². The van der Waals surface area contributed by atoms with Gasteiger partial charge >= 0.3 is 5.97 Å². The van der Waals surface area contributed by atoms with Crippen LogP contribution < -0.4 is 4.90 Å². The Morgan fingerprint density at radius 3 is 2.79 bits per heavy atom. The molecule has 2 heterocycles. The van der Waals surface area contributed by atoms with E-state index in [9.17, 15) is 4.79 Å². The highest BCUT2D eigenvalue weighted by molar-refractivity contribution is 6.33. The predicted molar refractivity (Wildman–Crippen MR) is 72.6 cm³/mol. The summed E-state index contributed by atoms with van der Waals surface area (Å²) in [4.78, 5) is 21.0. The van der Waals surface area contributed by atoms with Crippen molar-refractivity contribution in [2.24, 2.45) is 0 Å². The van der Waals surface area contributed by atoms with Crippen LogP contribution in [0.2, 0.25) is 5.02 Å². The number of aromatic carboxylic acids is 1. The first-order valence-electron chi connectivity index (χ1n) is 5.59. The van der Waals surface area contributed by atoms with Crippen LogP contribution in [0.15, 0.2) is 36.5 Å². The van der Waals surface area contributed by atoms with Crippen molar-refractivity contribution in [1.29, 1.82) is 0 Å². The molecule has 0 aliphatic rings. The fourth-order valence-electron chi connectivity index (χ4n) is 1.61. The molecule has 6 heteroatoms. The molecule has 0 fully saturated rings. The van der Waals surface area contributed by atoms with E-state index in [0.717, 1.165) is 5.69 Å². The summed E-state index contributed by atoms with van der Waals surface area (Å²) in [6.07, 6.45) is 1.71. The number of hydrogen-bond donors (Lipinski definition) is 1. The first kappa shape index (κ1) is 13.3. The maximum Gasteiger partial charge on any atom is 0.356 e. The molecular formula is C13H12ClN3O2. The molecule has 0 amide bonds. The van der Waals surface area contributed by atoms with Crippen molar-refractivity contribution < 1.29 is 9.90 Å². The van der Waals surface area contributed by atoms with Gasteiger partial charge < -0.3 is 10.0 Å². The van der Waals surface area contributed by atoms with Gasteiger partial charge in [-0.05, 0) is 24.3 Å². The minimum absolute atomic E-state index is 0.127. The van der Waals surface area contributed by atoms with Crippen molar-refractivity contribution in [3.63, 3.8) is 0 Å². The fraction of sp³-hybridized carbons (Fsp3) is 0.154. The van der Waals surface area contributed by atoms with Crippen LogP contribution >= 0.6 is 11.6 Å². The molecule has 0 aliphatic heterocycles. The smallest absolute Gasteiger partial charge is 0.356 e. The Bertz CT molecular complexity index is 590. The van der Waals surface area contributed by atoms with E-state index >= 15 is 0 Å². The third kappa shape index (κ3) is 3.20. The summed E-state index contributed by atoms with van der Waals surface area (Å²) < 4.78 is 0. The number of halogens is 1. The maximum absolute atomic E-state index is 11.0. The van der Waals surface area contributed by atoms with Gasteiger partial charge in [0.15, 0.2) is 5.69 Å². The molecule has 5 nitrogen and oxygen atoms in total. The Kier molecular flexibility index (Phi) is 3.97. The highest BCUT2D eigenvalue weighted by atomic mass is 35.5. The van der Waals surface area contributed by atoms with Crippen LogP contribution in [0.5, 0.6) is 0 Å². The van der Waals surface area contributed by atoms with Gasteiger partial charge in [-0.15, -0.1) is 0 Å². The SMILES string of the molecule is CN(Cc1ccccn1)c1ccc(Cl)c(C(=O)O)n1. The highest BCUT2D eigenvalue weighted by Gasteiger charge is 2.13. The Balaban J connectivity index is 2.22. The standard InChI is InChI=1S/C13H12ClN3O2/c1-17(8-9-4-2-3-7-15-9)11-6-5-10(14)12(16-11)13(18)19/h2-7H,8H2,1H3,(H,18,19). The minimum atomic E-state index is -1.14. The first-order valence-corrected chi connectivity index (χ1v) is 5.96. The zero-order valence-electron chi connectivity index (χ0n) is 10.2. The summed E-state index contributed by atoms with van der Waals surface area (Å²) in [5.74, 6) is -0.606. The Morgan fingerprint density at radius 1 is 1.37 bits per heavy atom. The summed E-state index contributed by atoms with van der Waals surface area (Å²) in [5.41, 5.74) is 0.727. The van der Waals surface area contributed by atoms with Gasteiger partial charge in [-0.1, -0.05) is 17.7 Å². The summed E-state index contributed by atoms with van der Waals surface area (Å²) in [6, 6.07) is 8.84. The third-order valence-electron chi connectivity index (χ3n) is 2.55. The van der Waals surface area contributed by atoms with Crippen molar-refractivity contribution in [2.75, 3.05) is 11.9 Å². The van der Waals surface area contributed by atoms with Gasteiger partial charge in [0.2, 0.25) is 0 Å². The van der Waals surface area contributed by atoms with Crippen molar-refractivity contribution >= 4 is 23.4 Å². The van der Waals surface area contributed by atoms with Crippen LogP contribution in [0.3, 0.4) is 0 Å². The highest BCUT2D eigenvalue weighted by Crippen LogP contribution is 2.19. The second-order valence-corrected chi connectivity index (χ2v) is 4.39. The van der Waals surface area contributed by atoms with Crippen molar-refractivity contribution in [2.45, 2.75) is 6.54 Å². The Morgan fingerprint density at radius 2 is 2.16 bits per heavy atom. The average Bonchev–Trinajstić information content (AvgIpc) is 2.40. The molecule has 19 heavy (non-hydrogen) atoms. The number of pyridine rings is 2. The monoisotopic (exact) mass is 277 g/mol. The van der Waals surface area contributed by atoms with Crippen molar-refractivity contribution in [3.8, 4) is 0 Å². The minimum Gasteiger partial charge on any atom is -0.476 e. The van der Waals surface area contributed by atoms with Gasteiger partial charge in [-0.2, -0.15) is 0 Å². The van der Waals surface area contributed by atoms with Gasteiger partial charge in [0.05, 0.1) is 17.3 Å².